The number of aliphatic hydroxyl groups excluding tert-OH is 1. The molecule has 3 unspecified atom stereocenters. The smallest absolute Gasteiger partial charge is 0.160 e. The average molecular weight is 210 g/mol. The lowest BCUT2D eigenvalue weighted by Gasteiger charge is -2.37. The molecule has 4 rings (SSSR count). The summed E-state index contributed by atoms with van der Waals surface area (Å²) in [4.78, 5) is 0. The predicted octanol–water partition coefficient (Wildman–Crippen LogP) is 2.56. The molecule has 86 valence electrons. The van der Waals surface area contributed by atoms with Gasteiger partial charge in [-0.2, -0.15) is 0 Å². The molecule has 4 saturated carbocycles. The summed E-state index contributed by atoms with van der Waals surface area (Å²) in [5.74, 6) is 2.55. The van der Waals surface area contributed by atoms with E-state index in [9.17, 15) is 5.11 Å². The van der Waals surface area contributed by atoms with Gasteiger partial charge in [-0.05, 0) is 63.7 Å². The molecule has 2 nitrogen and oxygen atoms in total. The van der Waals surface area contributed by atoms with Crippen molar-refractivity contribution in [2.24, 2.45) is 23.2 Å². The molecule has 0 heterocycles. The third-order valence-corrected chi connectivity index (χ3v) is 4.95. The van der Waals surface area contributed by atoms with Crippen molar-refractivity contribution in [2.45, 2.75) is 58.3 Å². The summed E-state index contributed by atoms with van der Waals surface area (Å²) in [5.41, 5.74) is 0.151. The third kappa shape index (κ3) is 1.38. The molecule has 4 aliphatic carbocycles. The Bertz CT molecular complexity index is 247. The van der Waals surface area contributed by atoms with Crippen molar-refractivity contribution in [1.82, 2.24) is 0 Å². The maximum absolute atomic E-state index is 10.3. The Kier molecular flexibility index (Phi) is 2.16. The molecule has 4 bridgehead atoms. The summed E-state index contributed by atoms with van der Waals surface area (Å²) >= 11 is 0. The first-order valence-electron chi connectivity index (χ1n) is 6.43. The van der Waals surface area contributed by atoms with Crippen molar-refractivity contribution >= 4 is 0 Å². The molecule has 1 N–H and O–H groups in total. The van der Waals surface area contributed by atoms with E-state index < -0.39 is 6.29 Å². The van der Waals surface area contributed by atoms with Crippen molar-refractivity contribution in [3.63, 3.8) is 0 Å². The molecule has 0 spiro atoms. The molecule has 0 amide bonds. The highest BCUT2D eigenvalue weighted by atomic mass is 16.6. The SMILES string of the molecule is CC(C)OC(O)C12CC3CC(CC1C3)C2. The molecular weight excluding hydrogens is 188 g/mol. The first-order valence-corrected chi connectivity index (χ1v) is 6.43. The van der Waals surface area contributed by atoms with Crippen LogP contribution in [-0.2, 0) is 4.74 Å². The van der Waals surface area contributed by atoms with Gasteiger partial charge in [-0.25, -0.2) is 0 Å². The van der Waals surface area contributed by atoms with Gasteiger partial charge in [0, 0.05) is 5.41 Å². The minimum absolute atomic E-state index is 0.146. The molecule has 2 heteroatoms. The zero-order chi connectivity index (χ0) is 10.6. The number of rotatable bonds is 3. The van der Waals surface area contributed by atoms with E-state index in [1.165, 1.54) is 32.1 Å². The van der Waals surface area contributed by atoms with Crippen LogP contribution in [0.15, 0.2) is 0 Å². The molecule has 3 atom stereocenters. The molecule has 0 aromatic carbocycles. The van der Waals surface area contributed by atoms with Gasteiger partial charge in [0.15, 0.2) is 6.29 Å². The molecule has 4 aliphatic rings. The molecule has 4 fully saturated rings. The van der Waals surface area contributed by atoms with Crippen molar-refractivity contribution in [2.75, 3.05) is 0 Å². The van der Waals surface area contributed by atoms with Crippen molar-refractivity contribution in [1.29, 1.82) is 0 Å². The van der Waals surface area contributed by atoms with Gasteiger partial charge in [-0.3, -0.25) is 0 Å². The van der Waals surface area contributed by atoms with Crippen molar-refractivity contribution < 1.29 is 9.84 Å². The lowest BCUT2D eigenvalue weighted by atomic mass is 9.75. The molecule has 0 aliphatic heterocycles. The van der Waals surface area contributed by atoms with Gasteiger partial charge in [0.25, 0.3) is 0 Å². The minimum atomic E-state index is -0.502. The first-order chi connectivity index (χ1) is 7.10. The zero-order valence-corrected chi connectivity index (χ0v) is 9.78. The maximum Gasteiger partial charge on any atom is 0.160 e. The second-order valence-corrected chi connectivity index (χ2v) is 6.31. The van der Waals surface area contributed by atoms with Gasteiger partial charge >= 0.3 is 0 Å². The molecule has 0 radical (unpaired) electrons. The summed E-state index contributed by atoms with van der Waals surface area (Å²) in [7, 11) is 0. The Balaban J connectivity index is 1.79. The molecule has 0 aromatic heterocycles. The van der Waals surface area contributed by atoms with Crippen LogP contribution in [0, 0.1) is 23.2 Å². The number of hydrogen-bond acceptors (Lipinski definition) is 2. The van der Waals surface area contributed by atoms with Gasteiger partial charge in [-0.15, -0.1) is 0 Å². The normalized spacial score (nSPS) is 49.2. The molecular formula is C13H22O2. The van der Waals surface area contributed by atoms with E-state index in [0.29, 0.717) is 0 Å². The Labute approximate surface area is 92.0 Å². The zero-order valence-electron chi connectivity index (χ0n) is 9.78. The predicted molar refractivity (Wildman–Crippen MR) is 58.2 cm³/mol. The second kappa shape index (κ2) is 3.21. The summed E-state index contributed by atoms with van der Waals surface area (Å²) < 4.78 is 5.66. The van der Waals surface area contributed by atoms with Gasteiger partial charge in [-0.1, -0.05) is 0 Å². The van der Waals surface area contributed by atoms with Crippen LogP contribution in [0.4, 0.5) is 0 Å². The van der Waals surface area contributed by atoms with Gasteiger partial charge in [0.05, 0.1) is 6.10 Å². The van der Waals surface area contributed by atoms with Gasteiger partial charge in [0.1, 0.15) is 0 Å². The lowest BCUT2D eigenvalue weighted by molar-refractivity contribution is -0.203. The Morgan fingerprint density at radius 3 is 2.27 bits per heavy atom. The van der Waals surface area contributed by atoms with Crippen LogP contribution in [0.5, 0.6) is 0 Å². The summed E-state index contributed by atoms with van der Waals surface area (Å²) in [6.45, 7) is 4.03. The van der Waals surface area contributed by atoms with Gasteiger partial charge in [0.2, 0.25) is 0 Å². The van der Waals surface area contributed by atoms with Crippen LogP contribution in [0.25, 0.3) is 0 Å². The summed E-state index contributed by atoms with van der Waals surface area (Å²) in [6, 6.07) is 0. The summed E-state index contributed by atoms with van der Waals surface area (Å²) in [6.07, 6.45) is 6.23. The van der Waals surface area contributed by atoms with E-state index in [1.54, 1.807) is 0 Å². The van der Waals surface area contributed by atoms with Crippen LogP contribution < -0.4 is 0 Å². The molecule has 0 aromatic rings. The first kappa shape index (κ1) is 10.1. The Hall–Kier alpha value is -0.0800. The fraction of sp³-hybridized carbons (Fsp3) is 1.00. The largest absolute Gasteiger partial charge is 0.367 e. The quantitative estimate of drug-likeness (QED) is 0.725. The van der Waals surface area contributed by atoms with Crippen LogP contribution in [0.3, 0.4) is 0 Å². The van der Waals surface area contributed by atoms with E-state index in [2.05, 4.69) is 0 Å². The van der Waals surface area contributed by atoms with E-state index >= 15 is 0 Å². The van der Waals surface area contributed by atoms with Crippen LogP contribution in [-0.4, -0.2) is 17.5 Å². The standard InChI is InChI=1S/C13H22O2/c1-8(2)15-12(14)13-6-9-3-10(7-13)5-11(13)4-9/h8-12,14H,3-7H2,1-2H3. The van der Waals surface area contributed by atoms with Crippen LogP contribution >= 0.6 is 0 Å². The second-order valence-electron chi connectivity index (χ2n) is 6.31. The highest BCUT2D eigenvalue weighted by Crippen LogP contribution is 2.66. The lowest BCUT2D eigenvalue weighted by Crippen LogP contribution is -2.39. The fourth-order valence-electron chi connectivity index (χ4n) is 4.66. The van der Waals surface area contributed by atoms with Crippen molar-refractivity contribution in [3.05, 3.63) is 0 Å². The van der Waals surface area contributed by atoms with Crippen molar-refractivity contribution in [3.8, 4) is 0 Å². The average Bonchev–Trinajstić information content (AvgIpc) is 2.51. The maximum atomic E-state index is 10.3. The van der Waals surface area contributed by atoms with E-state index in [1.807, 2.05) is 13.8 Å². The highest BCUT2D eigenvalue weighted by molar-refractivity contribution is 5.08. The topological polar surface area (TPSA) is 29.5 Å². The Morgan fingerprint density at radius 1 is 1.13 bits per heavy atom. The number of hydrogen-bond donors (Lipinski definition) is 1. The Morgan fingerprint density at radius 2 is 1.73 bits per heavy atom. The number of aliphatic hydroxyl groups is 1. The van der Waals surface area contributed by atoms with Crippen LogP contribution in [0.1, 0.15) is 46.0 Å². The molecule has 0 saturated heterocycles. The van der Waals surface area contributed by atoms with E-state index in [0.717, 1.165) is 17.8 Å². The monoisotopic (exact) mass is 210 g/mol. The van der Waals surface area contributed by atoms with Gasteiger partial charge < -0.3 is 9.84 Å². The summed E-state index contributed by atoms with van der Waals surface area (Å²) in [5, 5.41) is 10.3. The third-order valence-electron chi connectivity index (χ3n) is 4.95. The minimum Gasteiger partial charge on any atom is -0.367 e. The van der Waals surface area contributed by atoms with Crippen LogP contribution in [0.2, 0.25) is 0 Å². The van der Waals surface area contributed by atoms with E-state index in [-0.39, 0.29) is 11.5 Å². The molecule has 15 heavy (non-hydrogen) atoms. The fourth-order valence-corrected chi connectivity index (χ4v) is 4.66. The van der Waals surface area contributed by atoms with E-state index in [4.69, 9.17) is 4.74 Å². The number of ether oxygens (including phenoxy) is 1. The highest BCUT2D eigenvalue weighted by Gasteiger charge is 2.61.